The van der Waals surface area contributed by atoms with Crippen molar-refractivity contribution in [2.24, 2.45) is 14.1 Å². The van der Waals surface area contributed by atoms with E-state index < -0.39 is 32.1 Å². The van der Waals surface area contributed by atoms with Gasteiger partial charge in [0.2, 0.25) is 15.9 Å². The molecule has 0 atom stereocenters. The second-order valence-corrected chi connectivity index (χ2v) is 9.12. The Bertz CT molecular complexity index is 1420. The fraction of sp³-hybridized carbons (Fsp3) is 0.250. The van der Waals surface area contributed by atoms with E-state index in [1.54, 1.807) is 0 Å². The predicted molar refractivity (Wildman–Crippen MR) is 112 cm³/mol. The van der Waals surface area contributed by atoms with Crippen LogP contribution in [-0.4, -0.2) is 39.9 Å². The Morgan fingerprint density at radius 3 is 2.61 bits per heavy atom. The van der Waals surface area contributed by atoms with Crippen molar-refractivity contribution in [3.8, 4) is 0 Å². The number of aryl methyl sites for hydroxylation is 1. The van der Waals surface area contributed by atoms with E-state index in [1.807, 2.05) is 0 Å². The summed E-state index contributed by atoms with van der Waals surface area (Å²) < 4.78 is 29.4. The fourth-order valence-electron chi connectivity index (χ4n) is 2.71. The summed E-state index contributed by atoms with van der Waals surface area (Å²) in [6.07, 6.45) is 0.749. The van der Waals surface area contributed by atoms with Gasteiger partial charge < -0.3 is 5.32 Å². The highest BCUT2D eigenvalue weighted by Crippen LogP contribution is 2.24. The lowest BCUT2D eigenvalue weighted by atomic mass is 10.2. The van der Waals surface area contributed by atoms with Gasteiger partial charge in [-0.1, -0.05) is 0 Å². The number of benzene rings is 1. The van der Waals surface area contributed by atoms with Crippen LogP contribution in [0.5, 0.6) is 0 Å². The molecule has 0 saturated carbocycles. The zero-order chi connectivity index (χ0) is 22.9. The molecule has 2 N–H and O–H groups in total. The Morgan fingerprint density at radius 2 is 1.97 bits per heavy atom. The number of nitrogens with zero attached hydrogens (tertiary/aromatic N) is 4. The molecule has 0 bridgehead atoms. The van der Waals surface area contributed by atoms with Crippen molar-refractivity contribution in [2.45, 2.75) is 11.3 Å². The molecule has 15 heteroatoms. The average molecular weight is 468 g/mol. The van der Waals surface area contributed by atoms with Gasteiger partial charge in [0.15, 0.2) is 5.13 Å². The number of carbonyl (C=O) groups excluding carboxylic acids is 1. The molecule has 0 aliphatic heterocycles. The molecule has 3 aromatic rings. The third-order valence-corrected chi connectivity index (χ3v) is 6.64. The molecule has 2 aromatic heterocycles. The van der Waals surface area contributed by atoms with Crippen molar-refractivity contribution in [2.75, 3.05) is 11.9 Å². The Hall–Kier alpha value is -3.43. The topological polar surface area (TPSA) is 175 Å². The monoisotopic (exact) mass is 468 g/mol. The van der Waals surface area contributed by atoms with E-state index in [-0.39, 0.29) is 38.9 Å². The van der Waals surface area contributed by atoms with Crippen LogP contribution in [0.2, 0.25) is 0 Å². The zero-order valence-corrected chi connectivity index (χ0v) is 17.8. The number of sulfonamides is 1. The van der Waals surface area contributed by atoms with Gasteiger partial charge in [-0.2, -0.15) is 0 Å². The number of carbonyl (C=O) groups is 1. The maximum atomic E-state index is 12.5. The Balaban J connectivity index is 1.71. The highest BCUT2D eigenvalue weighted by atomic mass is 32.2. The lowest BCUT2D eigenvalue weighted by Crippen LogP contribution is -2.37. The molecule has 0 aliphatic carbocycles. The molecule has 0 saturated heterocycles. The van der Waals surface area contributed by atoms with Crippen LogP contribution in [0.1, 0.15) is 6.42 Å². The van der Waals surface area contributed by atoms with Crippen LogP contribution in [0.25, 0.3) is 10.9 Å². The minimum Gasteiger partial charge on any atom is -0.302 e. The summed E-state index contributed by atoms with van der Waals surface area (Å²) in [5.74, 6) is -0.589. The first kappa shape index (κ1) is 22.3. The van der Waals surface area contributed by atoms with E-state index in [2.05, 4.69) is 15.0 Å². The van der Waals surface area contributed by atoms with Crippen LogP contribution in [-0.2, 0) is 28.9 Å². The first-order valence-electron chi connectivity index (χ1n) is 8.61. The quantitative estimate of drug-likeness (QED) is 0.357. The number of nitro groups is 1. The normalized spacial score (nSPS) is 11.5. The maximum Gasteiger partial charge on any atom is 0.345 e. The van der Waals surface area contributed by atoms with Crippen molar-refractivity contribution >= 4 is 48.3 Å². The number of rotatable bonds is 7. The van der Waals surface area contributed by atoms with Crippen molar-refractivity contribution < 1.29 is 18.1 Å². The van der Waals surface area contributed by atoms with E-state index >= 15 is 0 Å². The van der Waals surface area contributed by atoms with Crippen LogP contribution in [0.15, 0.2) is 38.9 Å². The van der Waals surface area contributed by atoms with Gasteiger partial charge in [-0.05, 0) is 29.5 Å². The number of aromatic nitrogens is 3. The summed E-state index contributed by atoms with van der Waals surface area (Å²) in [6.45, 7) is -0.259. The lowest BCUT2D eigenvalue weighted by Gasteiger charge is -2.10. The molecule has 1 amide bonds. The standard InChI is InChI=1S/C16H16N6O7S2/c1-20-11-4-3-9(7-10(11)14(24)21(2)16(20)25)31(28,29)18-6-5-12(23)19-15-17-8-13(30-15)22(26)27/h3-4,7-8,18H,5-6H2,1-2H3,(H,17,19,23). The van der Waals surface area contributed by atoms with Gasteiger partial charge in [-0.15, -0.1) is 0 Å². The Morgan fingerprint density at radius 1 is 1.26 bits per heavy atom. The third kappa shape index (κ3) is 4.52. The SMILES string of the molecule is Cn1c(=O)c2cc(S(=O)(=O)NCCC(=O)Nc3ncc([N+](=O)[O-])s3)ccc2n(C)c1=O. The van der Waals surface area contributed by atoms with Crippen LogP contribution >= 0.6 is 11.3 Å². The summed E-state index contributed by atoms with van der Waals surface area (Å²) in [4.78, 5) is 49.7. The highest BCUT2D eigenvalue weighted by molar-refractivity contribution is 7.89. The fourth-order valence-corrected chi connectivity index (χ4v) is 4.42. The molecule has 0 fully saturated rings. The van der Waals surface area contributed by atoms with Crippen LogP contribution < -0.4 is 21.3 Å². The van der Waals surface area contributed by atoms with Gasteiger partial charge in [-0.25, -0.2) is 22.9 Å². The number of nitrogens with one attached hydrogen (secondary N) is 2. The largest absolute Gasteiger partial charge is 0.345 e. The number of fused-ring (bicyclic) bond motifs is 1. The van der Waals surface area contributed by atoms with E-state index in [0.717, 1.165) is 16.8 Å². The van der Waals surface area contributed by atoms with Crippen molar-refractivity contribution in [1.29, 1.82) is 0 Å². The smallest absolute Gasteiger partial charge is 0.302 e. The minimum absolute atomic E-state index is 0.0237. The van der Waals surface area contributed by atoms with E-state index in [0.29, 0.717) is 11.3 Å². The number of anilines is 1. The molecule has 3 rings (SSSR count). The summed E-state index contributed by atoms with van der Waals surface area (Å²) in [5, 5.41) is 12.8. The maximum absolute atomic E-state index is 12.5. The van der Waals surface area contributed by atoms with E-state index in [4.69, 9.17) is 0 Å². The molecule has 0 unspecified atom stereocenters. The van der Waals surface area contributed by atoms with Crippen molar-refractivity contribution in [3.05, 3.63) is 55.3 Å². The molecular formula is C16H16N6O7S2. The van der Waals surface area contributed by atoms with Gasteiger partial charge in [0, 0.05) is 27.1 Å². The number of hydrogen-bond donors (Lipinski definition) is 2. The summed E-state index contributed by atoms with van der Waals surface area (Å²) in [5.41, 5.74) is -0.890. The van der Waals surface area contributed by atoms with Gasteiger partial charge in [0.05, 0.1) is 20.7 Å². The van der Waals surface area contributed by atoms with Gasteiger partial charge >= 0.3 is 10.7 Å². The Labute approximate surface area is 178 Å². The molecular weight excluding hydrogens is 452 g/mol. The third-order valence-electron chi connectivity index (χ3n) is 4.31. The number of amides is 1. The Kier molecular flexibility index (Phi) is 6.01. The van der Waals surface area contributed by atoms with Crippen LogP contribution in [0.4, 0.5) is 10.1 Å². The van der Waals surface area contributed by atoms with Gasteiger partial charge in [0.25, 0.3) is 5.56 Å². The molecule has 31 heavy (non-hydrogen) atoms. The summed E-state index contributed by atoms with van der Waals surface area (Å²) in [6, 6.07) is 3.77. The molecule has 1 aromatic carbocycles. The van der Waals surface area contributed by atoms with Gasteiger partial charge in [0.1, 0.15) is 6.20 Å². The van der Waals surface area contributed by atoms with Crippen molar-refractivity contribution in [1.82, 2.24) is 18.8 Å². The van der Waals surface area contributed by atoms with Crippen LogP contribution in [0, 0.1) is 10.1 Å². The lowest BCUT2D eigenvalue weighted by molar-refractivity contribution is -0.380. The molecule has 0 aliphatic rings. The predicted octanol–water partition coefficient (Wildman–Crippen LogP) is -0.0910. The second kappa shape index (κ2) is 8.37. The number of hydrogen-bond acceptors (Lipinski definition) is 9. The second-order valence-electron chi connectivity index (χ2n) is 6.34. The minimum atomic E-state index is -4.05. The molecule has 164 valence electrons. The van der Waals surface area contributed by atoms with E-state index in [9.17, 15) is 32.9 Å². The molecule has 2 heterocycles. The summed E-state index contributed by atoms with van der Waals surface area (Å²) >= 11 is 0.674. The molecule has 0 spiro atoms. The van der Waals surface area contributed by atoms with Gasteiger partial charge in [-0.3, -0.25) is 28.8 Å². The first-order valence-corrected chi connectivity index (χ1v) is 10.9. The van der Waals surface area contributed by atoms with E-state index in [1.165, 1.54) is 30.8 Å². The van der Waals surface area contributed by atoms with Crippen LogP contribution in [0.3, 0.4) is 0 Å². The molecule has 13 nitrogen and oxygen atoms in total. The highest BCUT2D eigenvalue weighted by Gasteiger charge is 2.18. The molecule has 0 radical (unpaired) electrons. The average Bonchev–Trinajstić information content (AvgIpc) is 3.18. The number of thiazole rings is 1. The first-order chi connectivity index (χ1) is 14.5. The zero-order valence-electron chi connectivity index (χ0n) is 16.2. The van der Waals surface area contributed by atoms with Crippen molar-refractivity contribution in [3.63, 3.8) is 0 Å². The summed E-state index contributed by atoms with van der Waals surface area (Å²) in [7, 11) is -1.29.